The Hall–Kier alpha value is -2.24. The Bertz CT molecular complexity index is 771. The number of nitrogens with one attached hydrogen (secondary N) is 2. The van der Waals surface area contributed by atoms with Crippen molar-refractivity contribution < 1.29 is 22.6 Å². The van der Waals surface area contributed by atoms with Gasteiger partial charge < -0.3 is 20.1 Å². The molecule has 0 aliphatic rings. The van der Waals surface area contributed by atoms with Gasteiger partial charge in [0.15, 0.2) is 5.96 Å². The minimum atomic E-state index is -4.20. The van der Waals surface area contributed by atoms with Crippen LogP contribution in [0.2, 0.25) is 0 Å². The molecule has 2 aromatic rings. The summed E-state index contributed by atoms with van der Waals surface area (Å²) in [6.45, 7) is 2.42. The third-order valence-electron chi connectivity index (χ3n) is 3.53. The number of hydrogen-bond donors (Lipinski definition) is 2. The summed E-state index contributed by atoms with van der Waals surface area (Å²) in [7, 11) is 1.58. The molecular weight excluding hydrogens is 500 g/mol. The Kier molecular flexibility index (Phi) is 10.6. The number of rotatable bonds is 8. The molecule has 1 aromatic heterocycles. The van der Waals surface area contributed by atoms with Crippen LogP contribution in [-0.2, 0) is 6.54 Å². The Labute approximate surface area is 184 Å². The van der Waals surface area contributed by atoms with Gasteiger partial charge in [0.2, 0.25) is 5.88 Å². The molecule has 29 heavy (non-hydrogen) atoms. The van der Waals surface area contributed by atoms with Crippen molar-refractivity contribution in [3.05, 3.63) is 48.2 Å². The van der Waals surface area contributed by atoms with Crippen molar-refractivity contribution in [3.63, 3.8) is 0 Å². The monoisotopic (exact) mass is 524 g/mol. The largest absolute Gasteiger partial charge is 0.497 e. The van der Waals surface area contributed by atoms with Crippen molar-refractivity contribution in [2.45, 2.75) is 26.1 Å². The van der Waals surface area contributed by atoms with Crippen LogP contribution in [0.25, 0.3) is 0 Å². The van der Waals surface area contributed by atoms with Gasteiger partial charge in [-0.3, -0.25) is 0 Å². The Balaban J connectivity index is 0.00000420. The highest BCUT2D eigenvalue weighted by Gasteiger charge is 2.26. The molecule has 10 heteroatoms. The van der Waals surface area contributed by atoms with Crippen molar-refractivity contribution in [2.75, 3.05) is 20.2 Å². The number of halogens is 4. The number of hydrogen-bond acceptors (Lipinski definition) is 4. The molecule has 1 heterocycles. The number of ether oxygens (including phenoxy) is 2. The molecule has 0 unspecified atom stereocenters. The van der Waals surface area contributed by atoms with E-state index in [1.54, 1.807) is 37.6 Å². The highest BCUT2D eigenvalue weighted by molar-refractivity contribution is 14.0. The average Bonchev–Trinajstić information content (AvgIpc) is 2.66. The summed E-state index contributed by atoms with van der Waals surface area (Å²) < 4.78 is 47.6. The summed E-state index contributed by atoms with van der Waals surface area (Å²) in [5.74, 6) is 2.01. The summed E-state index contributed by atoms with van der Waals surface area (Å²) >= 11 is 0. The second-order valence-electron chi connectivity index (χ2n) is 5.77. The zero-order chi connectivity index (χ0) is 20.4. The number of benzene rings is 1. The lowest BCUT2D eigenvalue weighted by Crippen LogP contribution is -2.38. The minimum absolute atomic E-state index is 0. The molecule has 0 saturated heterocycles. The number of aliphatic imine (C=N–C) groups is 1. The summed E-state index contributed by atoms with van der Waals surface area (Å²) in [5.41, 5.74) is 0.797. The van der Waals surface area contributed by atoms with Gasteiger partial charge in [-0.25, -0.2) is 9.98 Å². The fourth-order valence-corrected chi connectivity index (χ4v) is 2.18. The molecule has 0 atom stereocenters. The van der Waals surface area contributed by atoms with Gasteiger partial charge in [-0.2, -0.15) is 13.2 Å². The van der Waals surface area contributed by atoms with E-state index in [2.05, 4.69) is 20.6 Å². The number of pyridine rings is 1. The summed E-state index contributed by atoms with van der Waals surface area (Å²) in [6.07, 6.45) is -3.51. The van der Waals surface area contributed by atoms with Crippen molar-refractivity contribution in [3.8, 4) is 17.4 Å². The third-order valence-corrected chi connectivity index (χ3v) is 3.53. The van der Waals surface area contributed by atoms with Gasteiger partial charge in [-0.1, -0.05) is 12.1 Å². The first-order valence-corrected chi connectivity index (χ1v) is 8.75. The highest BCUT2D eigenvalue weighted by atomic mass is 127. The fourth-order valence-electron chi connectivity index (χ4n) is 2.18. The van der Waals surface area contributed by atoms with Crippen LogP contribution in [-0.4, -0.2) is 37.3 Å². The van der Waals surface area contributed by atoms with Gasteiger partial charge >= 0.3 is 6.18 Å². The highest BCUT2D eigenvalue weighted by Crippen LogP contribution is 2.23. The molecule has 0 amide bonds. The van der Waals surface area contributed by atoms with E-state index < -0.39 is 12.6 Å². The predicted molar refractivity (Wildman–Crippen MR) is 116 cm³/mol. The van der Waals surface area contributed by atoms with Crippen LogP contribution < -0.4 is 20.1 Å². The number of guanidine groups is 1. The average molecular weight is 524 g/mol. The molecule has 6 nitrogen and oxygen atoms in total. The standard InChI is InChI=1S/C19H23F3N4O2.HI/c1-3-23-18(24-10-9-19(20,21)22)26-13-14-7-8-17(25-12-14)28-16-6-4-5-15(11-16)27-2;/h4-8,11-12H,3,9-10,13H2,1-2H3,(H2,23,24,26);1H. The normalized spacial score (nSPS) is 11.4. The van der Waals surface area contributed by atoms with Crippen LogP contribution in [0.15, 0.2) is 47.6 Å². The Morgan fingerprint density at radius 2 is 1.90 bits per heavy atom. The lowest BCUT2D eigenvalue weighted by Gasteiger charge is -2.12. The van der Waals surface area contributed by atoms with Crippen LogP contribution in [0.4, 0.5) is 13.2 Å². The smallest absolute Gasteiger partial charge is 0.390 e. The predicted octanol–water partition coefficient (Wildman–Crippen LogP) is 4.51. The quantitative estimate of drug-likeness (QED) is 0.303. The number of alkyl halides is 3. The second kappa shape index (κ2) is 12.3. The zero-order valence-electron chi connectivity index (χ0n) is 16.1. The van der Waals surface area contributed by atoms with E-state index in [-0.39, 0.29) is 37.1 Å². The molecule has 2 rings (SSSR count). The van der Waals surface area contributed by atoms with E-state index in [9.17, 15) is 13.2 Å². The Morgan fingerprint density at radius 1 is 1.14 bits per heavy atom. The van der Waals surface area contributed by atoms with Gasteiger partial charge in [-0.15, -0.1) is 24.0 Å². The molecule has 1 aromatic carbocycles. The molecule has 0 fully saturated rings. The lowest BCUT2D eigenvalue weighted by molar-refractivity contribution is -0.132. The first kappa shape index (κ1) is 24.8. The molecule has 0 aliphatic heterocycles. The number of nitrogens with zero attached hydrogens (tertiary/aromatic N) is 2. The Morgan fingerprint density at radius 3 is 2.52 bits per heavy atom. The van der Waals surface area contributed by atoms with Crippen LogP contribution >= 0.6 is 24.0 Å². The van der Waals surface area contributed by atoms with Gasteiger partial charge in [0.25, 0.3) is 0 Å². The van der Waals surface area contributed by atoms with Crippen molar-refractivity contribution in [1.29, 1.82) is 0 Å². The maximum atomic E-state index is 12.3. The maximum Gasteiger partial charge on any atom is 0.390 e. The zero-order valence-corrected chi connectivity index (χ0v) is 18.5. The first-order chi connectivity index (χ1) is 13.4. The first-order valence-electron chi connectivity index (χ1n) is 8.75. The molecule has 2 N–H and O–H groups in total. The second-order valence-corrected chi connectivity index (χ2v) is 5.77. The van der Waals surface area contributed by atoms with Crippen LogP contribution in [0.5, 0.6) is 17.4 Å². The topological polar surface area (TPSA) is 67.8 Å². The van der Waals surface area contributed by atoms with Crippen LogP contribution in [0.1, 0.15) is 18.9 Å². The fraction of sp³-hybridized carbons (Fsp3) is 0.368. The molecule has 0 radical (unpaired) electrons. The summed E-state index contributed by atoms with van der Waals surface area (Å²) in [5, 5.41) is 5.57. The van der Waals surface area contributed by atoms with Crippen molar-refractivity contribution in [2.24, 2.45) is 4.99 Å². The van der Waals surface area contributed by atoms with Crippen molar-refractivity contribution >= 4 is 29.9 Å². The molecule has 160 valence electrons. The van der Waals surface area contributed by atoms with Gasteiger partial charge in [0.05, 0.1) is 20.1 Å². The van der Waals surface area contributed by atoms with Gasteiger partial charge in [0, 0.05) is 31.4 Å². The van der Waals surface area contributed by atoms with Crippen molar-refractivity contribution in [1.82, 2.24) is 15.6 Å². The van der Waals surface area contributed by atoms with Gasteiger partial charge in [-0.05, 0) is 24.6 Å². The van der Waals surface area contributed by atoms with Gasteiger partial charge in [0.1, 0.15) is 11.5 Å². The maximum absolute atomic E-state index is 12.3. The SMILES string of the molecule is CCNC(=NCc1ccc(Oc2cccc(OC)c2)nc1)NCCC(F)(F)F.I. The van der Waals surface area contributed by atoms with E-state index in [1.165, 1.54) is 0 Å². The molecule has 0 saturated carbocycles. The number of methoxy groups -OCH3 is 1. The molecule has 0 spiro atoms. The summed E-state index contributed by atoms with van der Waals surface area (Å²) in [4.78, 5) is 8.50. The molecule has 0 aliphatic carbocycles. The van der Waals surface area contributed by atoms with Crippen LogP contribution in [0.3, 0.4) is 0 Å². The number of aromatic nitrogens is 1. The summed E-state index contributed by atoms with van der Waals surface area (Å²) in [6, 6.07) is 10.7. The molecular formula is C19H24F3IN4O2. The van der Waals surface area contributed by atoms with E-state index in [0.717, 1.165) is 5.56 Å². The minimum Gasteiger partial charge on any atom is -0.497 e. The molecule has 0 bridgehead atoms. The van der Waals surface area contributed by atoms with Crippen LogP contribution in [0, 0.1) is 0 Å². The van der Waals surface area contributed by atoms with E-state index >= 15 is 0 Å². The lowest BCUT2D eigenvalue weighted by atomic mass is 10.3. The third kappa shape index (κ3) is 9.68. The van der Waals surface area contributed by atoms with E-state index in [1.807, 2.05) is 19.1 Å². The van der Waals surface area contributed by atoms with E-state index in [4.69, 9.17) is 9.47 Å². The van der Waals surface area contributed by atoms with E-state index in [0.29, 0.717) is 29.9 Å².